The molecule has 1 aliphatic rings. The number of halogens is 2. The lowest BCUT2D eigenvalue weighted by Gasteiger charge is -2.24. The summed E-state index contributed by atoms with van der Waals surface area (Å²) in [4.78, 5) is 17.1. The van der Waals surface area contributed by atoms with E-state index in [0.717, 1.165) is 36.3 Å². The van der Waals surface area contributed by atoms with Crippen LogP contribution < -0.4 is 0 Å². The molecular formula is C21H26Cl2N2O2. The van der Waals surface area contributed by atoms with Crippen LogP contribution in [0.1, 0.15) is 74.6 Å². The summed E-state index contributed by atoms with van der Waals surface area (Å²) in [5.74, 6) is 1.36. The van der Waals surface area contributed by atoms with Crippen molar-refractivity contribution in [2.75, 3.05) is 6.61 Å². The number of esters is 1. The molecule has 0 spiro atoms. The lowest BCUT2D eigenvalue weighted by Crippen LogP contribution is -2.20. The van der Waals surface area contributed by atoms with Crippen LogP contribution in [0, 0.1) is 0 Å². The number of nitrogens with zero attached hydrogens (tertiary/aromatic N) is 2. The van der Waals surface area contributed by atoms with E-state index in [4.69, 9.17) is 32.9 Å². The van der Waals surface area contributed by atoms with Gasteiger partial charge in [-0.2, -0.15) is 0 Å². The number of ether oxygens (including phenoxy) is 1. The minimum Gasteiger partial charge on any atom is -0.466 e. The molecule has 1 atom stereocenters. The molecule has 1 aliphatic carbocycles. The number of benzene rings is 1. The van der Waals surface area contributed by atoms with E-state index < -0.39 is 0 Å². The fourth-order valence-corrected chi connectivity index (χ4v) is 4.20. The van der Waals surface area contributed by atoms with Gasteiger partial charge in [-0.15, -0.1) is 0 Å². The van der Waals surface area contributed by atoms with E-state index in [2.05, 4.69) is 18.4 Å². The van der Waals surface area contributed by atoms with Gasteiger partial charge in [-0.3, -0.25) is 4.79 Å². The molecule has 0 aliphatic heterocycles. The molecular weight excluding hydrogens is 383 g/mol. The van der Waals surface area contributed by atoms with E-state index >= 15 is 0 Å². The number of hydrogen-bond donors (Lipinski definition) is 0. The Morgan fingerprint density at radius 1 is 1.33 bits per heavy atom. The second-order valence-electron chi connectivity index (χ2n) is 7.39. The van der Waals surface area contributed by atoms with E-state index in [9.17, 15) is 4.79 Å². The van der Waals surface area contributed by atoms with Crippen LogP contribution in [0.3, 0.4) is 0 Å². The lowest BCUT2D eigenvalue weighted by atomic mass is 9.87. The topological polar surface area (TPSA) is 44.1 Å². The van der Waals surface area contributed by atoms with Gasteiger partial charge in [-0.25, -0.2) is 4.98 Å². The molecule has 0 saturated heterocycles. The maximum Gasteiger partial charge on any atom is 0.306 e. The number of rotatable bonds is 6. The van der Waals surface area contributed by atoms with Gasteiger partial charge >= 0.3 is 5.97 Å². The van der Waals surface area contributed by atoms with Crippen molar-refractivity contribution in [1.29, 1.82) is 0 Å². The number of aryl methyl sites for hydroxylation is 1. The number of carbonyl (C=O) groups excluding carboxylic acids is 1. The molecule has 0 saturated carbocycles. The van der Waals surface area contributed by atoms with Gasteiger partial charge in [0.2, 0.25) is 0 Å². The Kier molecular flexibility index (Phi) is 6.48. The number of hydrogen-bond acceptors (Lipinski definition) is 3. The Labute approximate surface area is 170 Å². The van der Waals surface area contributed by atoms with E-state index in [1.807, 2.05) is 25.1 Å². The highest BCUT2D eigenvalue weighted by atomic mass is 35.5. The zero-order valence-electron chi connectivity index (χ0n) is 16.1. The monoisotopic (exact) mass is 408 g/mol. The van der Waals surface area contributed by atoms with Gasteiger partial charge in [0, 0.05) is 24.1 Å². The maximum atomic E-state index is 12.1. The highest BCUT2D eigenvalue weighted by Crippen LogP contribution is 2.37. The molecule has 1 aromatic carbocycles. The minimum atomic E-state index is -0.135. The standard InChI is InChI=1S/C21H26Cl2N2O2/c1-4-27-19(26)11-15-6-5-7-18-20(15)25(21(24-18)13(2)3)12-14-8-9-16(22)17(23)10-14/h8-10,13,15H,4-7,11-12H2,1-3H3. The highest BCUT2D eigenvalue weighted by molar-refractivity contribution is 6.42. The highest BCUT2D eigenvalue weighted by Gasteiger charge is 2.30. The third-order valence-corrected chi connectivity index (χ3v) is 5.76. The first-order valence-corrected chi connectivity index (χ1v) is 10.3. The van der Waals surface area contributed by atoms with Crippen molar-refractivity contribution in [2.45, 2.75) is 64.8 Å². The number of aromatic nitrogens is 2. The van der Waals surface area contributed by atoms with E-state index in [1.165, 1.54) is 5.69 Å². The van der Waals surface area contributed by atoms with E-state index in [1.54, 1.807) is 0 Å². The van der Waals surface area contributed by atoms with Crippen molar-refractivity contribution in [1.82, 2.24) is 9.55 Å². The van der Waals surface area contributed by atoms with Crippen molar-refractivity contribution >= 4 is 29.2 Å². The minimum absolute atomic E-state index is 0.135. The van der Waals surface area contributed by atoms with Gasteiger partial charge in [-0.05, 0) is 43.9 Å². The van der Waals surface area contributed by atoms with Crippen molar-refractivity contribution in [2.24, 2.45) is 0 Å². The molecule has 146 valence electrons. The second kappa shape index (κ2) is 8.66. The molecule has 27 heavy (non-hydrogen) atoms. The van der Waals surface area contributed by atoms with Crippen LogP contribution >= 0.6 is 23.2 Å². The Morgan fingerprint density at radius 3 is 2.78 bits per heavy atom. The molecule has 3 rings (SSSR count). The smallest absolute Gasteiger partial charge is 0.306 e. The largest absolute Gasteiger partial charge is 0.466 e. The predicted molar refractivity (Wildman–Crippen MR) is 109 cm³/mol. The fourth-order valence-electron chi connectivity index (χ4n) is 3.88. The second-order valence-corrected chi connectivity index (χ2v) is 8.20. The third kappa shape index (κ3) is 4.49. The number of carbonyl (C=O) groups is 1. The van der Waals surface area contributed by atoms with Gasteiger partial charge in [-0.1, -0.05) is 43.1 Å². The van der Waals surface area contributed by atoms with E-state index in [-0.39, 0.29) is 11.9 Å². The summed E-state index contributed by atoms with van der Waals surface area (Å²) in [6, 6.07) is 5.73. The van der Waals surface area contributed by atoms with Gasteiger partial charge in [0.1, 0.15) is 5.82 Å². The van der Waals surface area contributed by atoms with Crippen molar-refractivity contribution in [3.8, 4) is 0 Å². The van der Waals surface area contributed by atoms with Crippen LogP contribution in [0.4, 0.5) is 0 Å². The zero-order valence-corrected chi connectivity index (χ0v) is 17.6. The summed E-state index contributed by atoms with van der Waals surface area (Å²) in [5.41, 5.74) is 3.38. The predicted octanol–water partition coefficient (Wildman–Crippen LogP) is 5.73. The zero-order chi connectivity index (χ0) is 19.6. The first kappa shape index (κ1) is 20.2. The number of imidazole rings is 1. The summed E-state index contributed by atoms with van der Waals surface area (Å²) in [6.07, 6.45) is 3.41. The quantitative estimate of drug-likeness (QED) is 0.572. The number of fused-ring (bicyclic) bond motifs is 1. The van der Waals surface area contributed by atoms with Crippen LogP contribution in [0.15, 0.2) is 18.2 Å². The Hall–Kier alpha value is -1.52. The molecule has 0 radical (unpaired) electrons. The molecule has 0 amide bonds. The Bertz CT molecular complexity index is 830. The molecule has 0 N–H and O–H groups in total. The average Bonchev–Trinajstić information content (AvgIpc) is 2.98. The molecule has 0 fully saturated rings. The molecule has 1 heterocycles. The normalized spacial score (nSPS) is 16.4. The summed E-state index contributed by atoms with van der Waals surface area (Å²) >= 11 is 12.3. The first-order valence-electron chi connectivity index (χ1n) is 9.59. The van der Waals surface area contributed by atoms with Crippen molar-refractivity contribution in [3.05, 3.63) is 51.0 Å². The molecule has 6 heteroatoms. The third-order valence-electron chi connectivity index (χ3n) is 5.02. The SMILES string of the molecule is CCOC(=O)CC1CCCc2nc(C(C)C)n(Cc3ccc(Cl)c(Cl)c3)c21. The fraction of sp³-hybridized carbons (Fsp3) is 0.524. The lowest BCUT2D eigenvalue weighted by molar-refractivity contribution is -0.143. The van der Waals surface area contributed by atoms with Gasteiger partial charge in [0.25, 0.3) is 0 Å². The maximum absolute atomic E-state index is 12.1. The van der Waals surface area contributed by atoms with Crippen LogP contribution in [0.25, 0.3) is 0 Å². The summed E-state index contributed by atoms with van der Waals surface area (Å²) in [6.45, 7) is 7.23. The van der Waals surface area contributed by atoms with Gasteiger partial charge in [0.05, 0.1) is 28.8 Å². The van der Waals surface area contributed by atoms with Gasteiger partial charge < -0.3 is 9.30 Å². The molecule has 1 unspecified atom stereocenters. The van der Waals surface area contributed by atoms with Crippen LogP contribution in [-0.4, -0.2) is 22.1 Å². The molecule has 2 aromatic rings. The van der Waals surface area contributed by atoms with Crippen LogP contribution in [0.2, 0.25) is 10.0 Å². The van der Waals surface area contributed by atoms with Crippen LogP contribution in [0.5, 0.6) is 0 Å². The molecule has 4 nitrogen and oxygen atoms in total. The first-order chi connectivity index (χ1) is 12.9. The average molecular weight is 409 g/mol. The van der Waals surface area contributed by atoms with Crippen molar-refractivity contribution < 1.29 is 9.53 Å². The molecule has 1 aromatic heterocycles. The van der Waals surface area contributed by atoms with Crippen molar-refractivity contribution in [3.63, 3.8) is 0 Å². The summed E-state index contributed by atoms with van der Waals surface area (Å²) in [7, 11) is 0. The Balaban J connectivity index is 1.99. The Morgan fingerprint density at radius 2 is 2.11 bits per heavy atom. The summed E-state index contributed by atoms with van der Waals surface area (Å²) < 4.78 is 7.48. The summed E-state index contributed by atoms with van der Waals surface area (Å²) in [5, 5.41) is 1.11. The van der Waals surface area contributed by atoms with Crippen LogP contribution in [-0.2, 0) is 22.5 Å². The molecule has 0 bridgehead atoms. The van der Waals surface area contributed by atoms with Gasteiger partial charge in [0.15, 0.2) is 0 Å². The van der Waals surface area contributed by atoms with E-state index in [0.29, 0.717) is 35.5 Å².